The number of rotatable bonds is 0. The fourth-order valence-corrected chi connectivity index (χ4v) is 1.63. The zero-order chi connectivity index (χ0) is 6.55. The third-order valence-electron chi connectivity index (χ3n) is 2.16. The molecular formula is C8H6N2. The van der Waals surface area contributed by atoms with Crippen LogP contribution in [0, 0.1) is 0 Å². The van der Waals surface area contributed by atoms with Crippen molar-refractivity contribution in [3.8, 4) is 0 Å². The summed E-state index contributed by atoms with van der Waals surface area (Å²) in [4.78, 5) is 8.55. The molecule has 4 aliphatic rings. The van der Waals surface area contributed by atoms with Crippen LogP contribution in [0.3, 0.4) is 0 Å². The molecular weight excluding hydrogens is 124 g/mol. The van der Waals surface area contributed by atoms with E-state index in [4.69, 9.17) is 0 Å². The molecule has 0 fully saturated rings. The highest BCUT2D eigenvalue weighted by atomic mass is 14.9. The van der Waals surface area contributed by atoms with Gasteiger partial charge in [0, 0.05) is 24.4 Å². The normalized spacial score (nSPS) is 32.0. The van der Waals surface area contributed by atoms with Crippen LogP contribution in [0.5, 0.6) is 0 Å². The second kappa shape index (κ2) is 1.29. The van der Waals surface area contributed by atoms with Crippen molar-refractivity contribution in [1.82, 2.24) is 0 Å². The van der Waals surface area contributed by atoms with E-state index in [9.17, 15) is 0 Å². The molecule has 0 amide bonds. The molecule has 4 rings (SSSR count). The van der Waals surface area contributed by atoms with Crippen molar-refractivity contribution in [2.45, 2.75) is 12.5 Å². The van der Waals surface area contributed by atoms with Gasteiger partial charge in [0.05, 0.1) is 11.7 Å². The van der Waals surface area contributed by atoms with Gasteiger partial charge in [0.2, 0.25) is 0 Å². The lowest BCUT2D eigenvalue weighted by atomic mass is 9.93. The fourth-order valence-electron chi connectivity index (χ4n) is 1.63. The molecule has 0 radical (unpaired) electrons. The van der Waals surface area contributed by atoms with Gasteiger partial charge in [0.1, 0.15) is 0 Å². The number of aliphatic imine (C=N–C) groups is 2. The van der Waals surface area contributed by atoms with Gasteiger partial charge < -0.3 is 0 Å². The van der Waals surface area contributed by atoms with Crippen LogP contribution >= 0.6 is 0 Å². The van der Waals surface area contributed by atoms with Crippen molar-refractivity contribution in [3.63, 3.8) is 0 Å². The maximum Gasteiger partial charge on any atom is 0.0745 e. The Kier molecular flexibility index (Phi) is 0.592. The lowest BCUT2D eigenvalue weighted by Gasteiger charge is -2.19. The number of hydrogen-bond acceptors (Lipinski definition) is 2. The van der Waals surface area contributed by atoms with Gasteiger partial charge in [-0.3, -0.25) is 9.98 Å². The van der Waals surface area contributed by atoms with Crippen molar-refractivity contribution in [2.75, 3.05) is 0 Å². The third kappa shape index (κ3) is 0.375. The summed E-state index contributed by atoms with van der Waals surface area (Å²) in [6, 6.07) is 0.394. The van der Waals surface area contributed by atoms with E-state index >= 15 is 0 Å². The molecule has 0 aromatic heterocycles. The summed E-state index contributed by atoms with van der Waals surface area (Å²) < 4.78 is 0. The van der Waals surface area contributed by atoms with E-state index in [1.165, 1.54) is 11.1 Å². The zero-order valence-corrected chi connectivity index (χ0v) is 5.41. The van der Waals surface area contributed by atoms with Gasteiger partial charge in [-0.25, -0.2) is 0 Å². The Bertz CT molecular complexity index is 318. The summed E-state index contributed by atoms with van der Waals surface area (Å²) in [5.41, 5.74) is 3.77. The molecule has 2 heteroatoms. The van der Waals surface area contributed by atoms with Crippen molar-refractivity contribution in [3.05, 3.63) is 22.9 Å². The Morgan fingerprint density at radius 3 is 3.10 bits per heavy atom. The van der Waals surface area contributed by atoms with Crippen LogP contribution in [0.1, 0.15) is 6.42 Å². The smallest absolute Gasteiger partial charge is 0.0745 e. The molecule has 0 saturated heterocycles. The van der Waals surface area contributed by atoms with E-state index in [1.807, 2.05) is 12.4 Å². The van der Waals surface area contributed by atoms with E-state index in [1.54, 1.807) is 0 Å². The third-order valence-corrected chi connectivity index (χ3v) is 2.16. The average molecular weight is 130 g/mol. The van der Waals surface area contributed by atoms with Crippen LogP contribution in [-0.4, -0.2) is 18.5 Å². The van der Waals surface area contributed by atoms with Gasteiger partial charge in [-0.15, -0.1) is 0 Å². The van der Waals surface area contributed by atoms with Crippen LogP contribution in [0.2, 0.25) is 0 Å². The molecule has 48 valence electrons. The molecule has 0 saturated carbocycles. The summed E-state index contributed by atoms with van der Waals surface area (Å²) in [6.07, 6.45) is 7.12. The first-order chi connectivity index (χ1) is 4.93. The molecule has 4 bridgehead atoms. The summed E-state index contributed by atoms with van der Waals surface area (Å²) in [5, 5.41) is 0. The minimum absolute atomic E-state index is 0.394. The molecule has 1 aliphatic carbocycles. The molecule has 0 spiro atoms. The highest BCUT2D eigenvalue weighted by Gasteiger charge is 2.26. The average Bonchev–Trinajstić information content (AvgIpc) is 2.29. The van der Waals surface area contributed by atoms with Crippen LogP contribution < -0.4 is 0 Å². The summed E-state index contributed by atoms with van der Waals surface area (Å²) in [5.74, 6) is 0. The quantitative estimate of drug-likeness (QED) is 0.469. The van der Waals surface area contributed by atoms with E-state index < -0.39 is 0 Å². The first kappa shape index (κ1) is 4.61. The molecule has 0 aromatic rings. The summed E-state index contributed by atoms with van der Waals surface area (Å²) >= 11 is 0. The molecule has 1 unspecified atom stereocenters. The number of allylic oxidation sites excluding steroid dienone is 1. The maximum absolute atomic E-state index is 4.30. The SMILES string of the molecule is C1=NC2=CC3CC1=C2C=N3. The summed E-state index contributed by atoms with van der Waals surface area (Å²) in [7, 11) is 0. The van der Waals surface area contributed by atoms with E-state index in [2.05, 4.69) is 16.1 Å². The van der Waals surface area contributed by atoms with Gasteiger partial charge in [0.15, 0.2) is 0 Å². The predicted octanol–water partition coefficient (Wildman–Crippen LogP) is 1.11. The van der Waals surface area contributed by atoms with Crippen molar-refractivity contribution in [1.29, 1.82) is 0 Å². The van der Waals surface area contributed by atoms with Gasteiger partial charge >= 0.3 is 0 Å². The first-order valence-electron chi connectivity index (χ1n) is 3.46. The second-order valence-corrected chi connectivity index (χ2v) is 2.80. The number of dihydropyridines is 1. The Morgan fingerprint density at radius 1 is 1.40 bits per heavy atom. The first-order valence-corrected chi connectivity index (χ1v) is 3.46. The molecule has 0 aromatic carbocycles. The minimum Gasteiger partial charge on any atom is -0.285 e. The maximum atomic E-state index is 4.30. The number of nitrogens with zero attached hydrogens (tertiary/aromatic N) is 2. The monoisotopic (exact) mass is 130 g/mol. The Morgan fingerprint density at radius 2 is 2.40 bits per heavy atom. The topological polar surface area (TPSA) is 24.7 Å². The van der Waals surface area contributed by atoms with E-state index in [-0.39, 0.29) is 0 Å². The van der Waals surface area contributed by atoms with Crippen LogP contribution in [0.25, 0.3) is 0 Å². The standard InChI is InChI=1S/C8H6N2/c1-5-3-10-8-2-6(1)9-4-7(5)8/h2-4,6H,1H2. The zero-order valence-electron chi connectivity index (χ0n) is 5.41. The highest BCUT2D eigenvalue weighted by molar-refractivity contribution is 6.02. The molecule has 2 nitrogen and oxygen atoms in total. The molecule has 1 atom stereocenters. The van der Waals surface area contributed by atoms with Crippen molar-refractivity contribution >= 4 is 12.4 Å². The fraction of sp³-hybridized carbons (Fsp3) is 0.250. The van der Waals surface area contributed by atoms with Crippen molar-refractivity contribution in [2.24, 2.45) is 9.98 Å². The predicted molar refractivity (Wildman–Crippen MR) is 40.5 cm³/mol. The van der Waals surface area contributed by atoms with E-state index in [0.717, 1.165) is 12.1 Å². The Balaban J connectivity index is 2.35. The molecule has 3 aliphatic heterocycles. The second-order valence-electron chi connectivity index (χ2n) is 2.80. The molecule has 3 heterocycles. The lowest BCUT2D eigenvalue weighted by Crippen LogP contribution is -2.15. The highest BCUT2D eigenvalue weighted by Crippen LogP contribution is 2.33. The molecule has 0 N–H and O–H groups in total. The van der Waals surface area contributed by atoms with Crippen LogP contribution in [-0.2, 0) is 0 Å². The van der Waals surface area contributed by atoms with Gasteiger partial charge in [-0.1, -0.05) is 0 Å². The minimum atomic E-state index is 0.394. The van der Waals surface area contributed by atoms with Crippen LogP contribution in [0.15, 0.2) is 32.9 Å². The molecule has 10 heavy (non-hydrogen) atoms. The Labute approximate surface area is 58.7 Å². The lowest BCUT2D eigenvalue weighted by molar-refractivity contribution is 0.794. The largest absolute Gasteiger partial charge is 0.285 e. The van der Waals surface area contributed by atoms with Crippen molar-refractivity contribution < 1.29 is 0 Å². The van der Waals surface area contributed by atoms with Gasteiger partial charge in [0.25, 0.3) is 0 Å². The summed E-state index contributed by atoms with van der Waals surface area (Å²) in [6.45, 7) is 0. The van der Waals surface area contributed by atoms with Crippen LogP contribution in [0.4, 0.5) is 0 Å². The number of hydrogen-bond donors (Lipinski definition) is 0. The Hall–Kier alpha value is -1.18. The van der Waals surface area contributed by atoms with Gasteiger partial charge in [-0.05, 0) is 11.6 Å². The van der Waals surface area contributed by atoms with E-state index in [0.29, 0.717) is 6.04 Å². The van der Waals surface area contributed by atoms with Gasteiger partial charge in [-0.2, -0.15) is 0 Å².